The maximum absolute atomic E-state index is 9.48. The predicted molar refractivity (Wildman–Crippen MR) is 99.6 cm³/mol. The number of piperazine rings is 1. The fourth-order valence-electron chi connectivity index (χ4n) is 3.86. The molecule has 2 atom stereocenters. The average molecular weight is 377 g/mol. The topological polar surface area (TPSA) is 103 Å². The largest absolute Gasteiger partial charge is 0.395 e. The van der Waals surface area contributed by atoms with Crippen molar-refractivity contribution in [3.8, 4) is 0 Å². The van der Waals surface area contributed by atoms with Crippen LogP contribution < -0.4 is 4.90 Å². The van der Waals surface area contributed by atoms with Gasteiger partial charge in [-0.15, -0.1) is 0 Å². The molecule has 4 heterocycles. The van der Waals surface area contributed by atoms with Gasteiger partial charge in [0.1, 0.15) is 12.6 Å². The summed E-state index contributed by atoms with van der Waals surface area (Å²) in [6.45, 7) is 5.77. The summed E-state index contributed by atoms with van der Waals surface area (Å²) in [4.78, 5) is 20.1. The zero-order valence-corrected chi connectivity index (χ0v) is 15.6. The van der Waals surface area contributed by atoms with Crippen LogP contribution >= 0.6 is 0 Å². The Morgan fingerprint density at radius 1 is 1.11 bits per heavy atom. The first kappa shape index (κ1) is 18.5. The fraction of sp³-hybridized carbons (Fsp3) is 0.706. The third-order valence-corrected chi connectivity index (χ3v) is 5.27. The van der Waals surface area contributed by atoms with Gasteiger partial charge in [-0.25, -0.2) is 15.0 Å². The number of imidazole rings is 1. The second kappa shape index (κ2) is 8.03. The van der Waals surface area contributed by atoms with E-state index in [1.54, 1.807) is 12.7 Å². The Morgan fingerprint density at radius 3 is 2.67 bits per heavy atom. The zero-order valence-electron chi connectivity index (χ0n) is 15.6. The summed E-state index contributed by atoms with van der Waals surface area (Å²) in [6, 6.07) is 0. The quantitative estimate of drug-likeness (QED) is 0.662. The number of hydrogen-bond donors (Lipinski definition) is 2. The maximum atomic E-state index is 9.48. The van der Waals surface area contributed by atoms with Gasteiger partial charge in [0, 0.05) is 45.8 Å². The van der Waals surface area contributed by atoms with E-state index in [4.69, 9.17) is 9.84 Å². The summed E-state index contributed by atoms with van der Waals surface area (Å²) in [6.07, 6.45) is 2.87. The van der Waals surface area contributed by atoms with E-state index in [1.165, 1.54) is 0 Å². The normalized spacial score (nSPS) is 25.4. The Kier molecular flexibility index (Phi) is 5.50. The number of rotatable bonds is 5. The lowest BCUT2D eigenvalue weighted by Gasteiger charge is -2.36. The minimum atomic E-state index is -0.241. The van der Waals surface area contributed by atoms with Crippen LogP contribution in [-0.4, -0.2) is 112 Å². The van der Waals surface area contributed by atoms with Gasteiger partial charge in [0.2, 0.25) is 0 Å². The molecule has 2 saturated heterocycles. The SMILES string of the molecule is CN1C[C@@H](CO)O[C@@H](n2cnc3c(N4CCN(CCO)CC4)ncnc32)C1. The number of ether oxygens (including phenoxy) is 1. The van der Waals surface area contributed by atoms with Crippen molar-refractivity contribution in [3.05, 3.63) is 12.7 Å². The predicted octanol–water partition coefficient (Wildman–Crippen LogP) is -1.24. The van der Waals surface area contributed by atoms with Crippen molar-refractivity contribution in [1.29, 1.82) is 0 Å². The molecule has 0 bridgehead atoms. The summed E-state index contributed by atoms with van der Waals surface area (Å²) in [5.41, 5.74) is 1.51. The van der Waals surface area contributed by atoms with Crippen LogP contribution in [0, 0.1) is 0 Å². The molecule has 0 unspecified atom stereocenters. The van der Waals surface area contributed by atoms with E-state index >= 15 is 0 Å². The second-order valence-electron chi connectivity index (χ2n) is 7.19. The Labute approximate surface area is 158 Å². The van der Waals surface area contributed by atoms with E-state index in [-0.39, 0.29) is 25.5 Å². The van der Waals surface area contributed by atoms with E-state index in [1.807, 2.05) is 11.6 Å². The van der Waals surface area contributed by atoms with Crippen LogP contribution in [0.2, 0.25) is 0 Å². The second-order valence-corrected chi connectivity index (χ2v) is 7.19. The molecule has 2 aromatic heterocycles. The van der Waals surface area contributed by atoms with Crippen LogP contribution in [0.4, 0.5) is 5.82 Å². The highest BCUT2D eigenvalue weighted by Gasteiger charge is 2.29. The minimum absolute atomic E-state index is 0.00811. The highest BCUT2D eigenvalue weighted by atomic mass is 16.5. The highest BCUT2D eigenvalue weighted by Crippen LogP contribution is 2.27. The van der Waals surface area contributed by atoms with Crippen molar-refractivity contribution in [2.45, 2.75) is 12.3 Å². The fourth-order valence-corrected chi connectivity index (χ4v) is 3.86. The molecule has 10 nitrogen and oxygen atoms in total. The Hall–Kier alpha value is -1.85. The number of hydrogen-bond acceptors (Lipinski definition) is 9. The summed E-state index contributed by atoms with van der Waals surface area (Å²) >= 11 is 0. The standard InChI is InChI=1S/C17H27N7O3/c1-21-8-13(10-26)27-14(9-21)24-12-20-15-16(18-11-19-17(15)24)23-4-2-22(3-5-23)6-7-25/h11-14,25-26H,2-10H2,1H3/t13-,14+/m0/s1. The van der Waals surface area contributed by atoms with Gasteiger partial charge >= 0.3 is 0 Å². The van der Waals surface area contributed by atoms with Crippen molar-refractivity contribution in [2.24, 2.45) is 0 Å². The van der Waals surface area contributed by atoms with Crippen LogP contribution in [0.1, 0.15) is 6.23 Å². The van der Waals surface area contributed by atoms with Crippen LogP contribution in [0.3, 0.4) is 0 Å². The number of aliphatic hydroxyl groups excluding tert-OH is 2. The molecule has 0 spiro atoms. The summed E-state index contributed by atoms with van der Waals surface area (Å²) in [5.74, 6) is 0.838. The van der Waals surface area contributed by atoms with Crippen molar-refractivity contribution in [3.63, 3.8) is 0 Å². The molecule has 148 valence electrons. The molecule has 2 aliphatic heterocycles. The number of anilines is 1. The lowest BCUT2D eigenvalue weighted by atomic mass is 10.2. The number of β-amino-alcohol motifs (C(OH)–C–C–N with tert-alkyl or cyclic N) is 1. The smallest absolute Gasteiger partial charge is 0.167 e. The molecule has 0 aromatic carbocycles. The van der Waals surface area contributed by atoms with Gasteiger partial charge in [0.05, 0.1) is 25.6 Å². The van der Waals surface area contributed by atoms with Gasteiger partial charge in [-0.2, -0.15) is 0 Å². The van der Waals surface area contributed by atoms with Crippen molar-refractivity contribution in [1.82, 2.24) is 29.3 Å². The molecular weight excluding hydrogens is 350 g/mol. The highest BCUT2D eigenvalue weighted by molar-refractivity contribution is 5.83. The first-order chi connectivity index (χ1) is 13.2. The molecule has 2 N–H and O–H groups in total. The first-order valence-electron chi connectivity index (χ1n) is 9.40. The van der Waals surface area contributed by atoms with Crippen LogP contribution in [0.15, 0.2) is 12.7 Å². The van der Waals surface area contributed by atoms with E-state index < -0.39 is 0 Å². The zero-order chi connectivity index (χ0) is 18.8. The lowest BCUT2D eigenvalue weighted by Crippen LogP contribution is -2.47. The molecular formula is C17H27N7O3. The number of likely N-dealkylation sites (N-methyl/N-ethyl adjacent to an activating group) is 1. The molecule has 0 saturated carbocycles. The molecule has 0 radical (unpaired) electrons. The number of aromatic nitrogens is 4. The van der Waals surface area contributed by atoms with Gasteiger partial charge in [-0.3, -0.25) is 14.4 Å². The van der Waals surface area contributed by atoms with Crippen LogP contribution in [0.25, 0.3) is 11.2 Å². The van der Waals surface area contributed by atoms with Gasteiger partial charge in [-0.1, -0.05) is 0 Å². The van der Waals surface area contributed by atoms with Gasteiger partial charge in [0.15, 0.2) is 17.0 Å². The molecule has 27 heavy (non-hydrogen) atoms. The van der Waals surface area contributed by atoms with Crippen molar-refractivity contribution in [2.75, 3.05) is 71.0 Å². The molecule has 0 amide bonds. The molecule has 0 aliphatic carbocycles. The van der Waals surface area contributed by atoms with Gasteiger partial charge in [0.25, 0.3) is 0 Å². The number of fused-ring (bicyclic) bond motifs is 1. The Balaban J connectivity index is 1.57. The molecule has 2 aromatic rings. The van der Waals surface area contributed by atoms with Crippen LogP contribution in [0.5, 0.6) is 0 Å². The average Bonchev–Trinajstić information content (AvgIpc) is 3.12. The van der Waals surface area contributed by atoms with Gasteiger partial charge < -0.3 is 19.8 Å². The van der Waals surface area contributed by atoms with E-state index in [0.29, 0.717) is 19.6 Å². The molecule has 2 aliphatic rings. The summed E-state index contributed by atoms with van der Waals surface area (Å²) < 4.78 is 7.94. The minimum Gasteiger partial charge on any atom is -0.395 e. The first-order valence-corrected chi connectivity index (χ1v) is 9.40. The van der Waals surface area contributed by atoms with Crippen molar-refractivity contribution < 1.29 is 14.9 Å². The summed E-state index contributed by atoms with van der Waals surface area (Å²) in [5, 5.41) is 18.6. The lowest BCUT2D eigenvalue weighted by molar-refractivity contribution is -0.127. The number of aliphatic hydroxyl groups is 2. The molecule has 2 fully saturated rings. The molecule has 10 heteroatoms. The van der Waals surface area contributed by atoms with E-state index in [2.05, 4.69) is 29.7 Å². The van der Waals surface area contributed by atoms with Crippen molar-refractivity contribution >= 4 is 17.0 Å². The Bertz CT molecular complexity index is 762. The van der Waals surface area contributed by atoms with Gasteiger partial charge in [-0.05, 0) is 7.05 Å². The summed E-state index contributed by atoms with van der Waals surface area (Å²) in [7, 11) is 2.02. The van der Waals surface area contributed by atoms with E-state index in [0.717, 1.165) is 43.2 Å². The third-order valence-electron chi connectivity index (χ3n) is 5.27. The number of morpholine rings is 1. The maximum Gasteiger partial charge on any atom is 0.167 e. The monoisotopic (exact) mass is 377 g/mol. The van der Waals surface area contributed by atoms with E-state index in [9.17, 15) is 5.11 Å². The van der Waals surface area contributed by atoms with Crippen LogP contribution in [-0.2, 0) is 4.74 Å². The third kappa shape index (κ3) is 3.76. The Morgan fingerprint density at radius 2 is 1.93 bits per heavy atom. The number of nitrogens with zero attached hydrogens (tertiary/aromatic N) is 7. The molecule has 4 rings (SSSR count).